The summed E-state index contributed by atoms with van der Waals surface area (Å²) in [6.07, 6.45) is 5.16. The van der Waals surface area contributed by atoms with Crippen LogP contribution in [0, 0.1) is 11.3 Å². The van der Waals surface area contributed by atoms with Crippen LogP contribution in [0.2, 0.25) is 0 Å². The van der Waals surface area contributed by atoms with Gasteiger partial charge in [-0.05, 0) is 50.6 Å². The molecule has 5 heteroatoms. The van der Waals surface area contributed by atoms with E-state index in [-0.39, 0.29) is 23.8 Å². The average Bonchev–Trinajstić information content (AvgIpc) is 3.14. The van der Waals surface area contributed by atoms with Crippen LogP contribution in [0.3, 0.4) is 0 Å². The summed E-state index contributed by atoms with van der Waals surface area (Å²) in [5.41, 5.74) is 0.315. The third-order valence-electron chi connectivity index (χ3n) is 5.39. The maximum atomic E-state index is 12.4. The number of carbonyl (C=O) groups is 2. The SMILES string of the molecule is CC(=O)N1CCC(NC(=O)C2CC23CCNCC3)CC1. The molecule has 0 bridgehead atoms. The molecular formula is C15H25N3O2. The van der Waals surface area contributed by atoms with Gasteiger partial charge in [0.05, 0.1) is 0 Å². The number of piperidine rings is 2. The van der Waals surface area contributed by atoms with Gasteiger partial charge in [-0.15, -0.1) is 0 Å². The molecule has 1 aliphatic carbocycles. The van der Waals surface area contributed by atoms with Crippen molar-refractivity contribution in [2.75, 3.05) is 26.2 Å². The predicted octanol–water partition coefficient (Wildman–Crippen LogP) is 0.503. The van der Waals surface area contributed by atoms with Crippen molar-refractivity contribution in [1.29, 1.82) is 0 Å². The van der Waals surface area contributed by atoms with E-state index in [0.29, 0.717) is 5.41 Å². The zero-order valence-electron chi connectivity index (χ0n) is 12.3. The summed E-state index contributed by atoms with van der Waals surface area (Å²) in [7, 11) is 0. The Balaban J connectivity index is 1.45. The molecule has 3 aliphatic rings. The number of hydrogen-bond donors (Lipinski definition) is 2. The summed E-state index contributed by atoms with van der Waals surface area (Å²) < 4.78 is 0. The number of amides is 2. The van der Waals surface area contributed by atoms with Crippen molar-refractivity contribution >= 4 is 11.8 Å². The lowest BCUT2D eigenvalue weighted by Gasteiger charge is -2.32. The normalized spacial score (nSPS) is 29.2. The fourth-order valence-corrected chi connectivity index (χ4v) is 3.84. The molecule has 1 saturated carbocycles. The summed E-state index contributed by atoms with van der Waals surface area (Å²) in [6.45, 7) is 5.28. The van der Waals surface area contributed by atoms with Crippen molar-refractivity contribution in [3.63, 3.8) is 0 Å². The summed E-state index contributed by atoms with van der Waals surface area (Å²) >= 11 is 0. The molecule has 0 aromatic rings. The van der Waals surface area contributed by atoms with Crippen LogP contribution in [0.4, 0.5) is 0 Å². The third kappa shape index (κ3) is 2.68. The lowest BCUT2D eigenvalue weighted by molar-refractivity contribution is -0.130. The highest BCUT2D eigenvalue weighted by atomic mass is 16.2. The summed E-state index contributed by atoms with van der Waals surface area (Å²) in [5.74, 6) is 0.647. The molecule has 2 amide bonds. The van der Waals surface area contributed by atoms with Gasteiger partial charge < -0.3 is 15.5 Å². The Kier molecular flexibility index (Phi) is 3.71. The van der Waals surface area contributed by atoms with Crippen LogP contribution in [0.5, 0.6) is 0 Å². The van der Waals surface area contributed by atoms with Gasteiger partial charge in [0.25, 0.3) is 0 Å². The van der Waals surface area contributed by atoms with Gasteiger partial charge >= 0.3 is 0 Å². The number of likely N-dealkylation sites (tertiary alicyclic amines) is 1. The van der Waals surface area contributed by atoms with Gasteiger partial charge in [-0.1, -0.05) is 0 Å². The highest BCUT2D eigenvalue weighted by molar-refractivity contribution is 5.83. The molecule has 2 heterocycles. The van der Waals surface area contributed by atoms with Gasteiger partial charge in [-0.25, -0.2) is 0 Å². The maximum Gasteiger partial charge on any atom is 0.223 e. The van der Waals surface area contributed by atoms with Crippen LogP contribution in [0.25, 0.3) is 0 Å². The fraction of sp³-hybridized carbons (Fsp3) is 0.867. The minimum Gasteiger partial charge on any atom is -0.353 e. The van der Waals surface area contributed by atoms with E-state index in [4.69, 9.17) is 0 Å². The Labute approximate surface area is 120 Å². The quantitative estimate of drug-likeness (QED) is 0.774. The average molecular weight is 279 g/mol. The number of nitrogens with zero attached hydrogens (tertiary/aromatic N) is 1. The van der Waals surface area contributed by atoms with Crippen LogP contribution >= 0.6 is 0 Å². The van der Waals surface area contributed by atoms with E-state index in [0.717, 1.165) is 58.3 Å². The van der Waals surface area contributed by atoms with Crippen molar-refractivity contribution < 1.29 is 9.59 Å². The Hall–Kier alpha value is -1.10. The van der Waals surface area contributed by atoms with E-state index < -0.39 is 0 Å². The second-order valence-electron chi connectivity index (χ2n) is 6.66. The first-order valence-electron chi connectivity index (χ1n) is 7.87. The lowest BCUT2D eigenvalue weighted by Crippen LogP contribution is -2.46. The maximum absolute atomic E-state index is 12.4. The first-order valence-corrected chi connectivity index (χ1v) is 7.87. The smallest absolute Gasteiger partial charge is 0.223 e. The number of carbonyl (C=O) groups excluding carboxylic acids is 2. The first kappa shape index (κ1) is 13.9. The number of nitrogens with one attached hydrogen (secondary N) is 2. The Bertz CT molecular complexity index is 396. The summed E-state index contributed by atoms with van der Waals surface area (Å²) in [5, 5.41) is 6.58. The van der Waals surface area contributed by atoms with Gasteiger partial charge in [0, 0.05) is 32.0 Å². The molecule has 3 fully saturated rings. The van der Waals surface area contributed by atoms with Crippen molar-refractivity contribution in [1.82, 2.24) is 15.5 Å². The first-order chi connectivity index (χ1) is 9.61. The van der Waals surface area contributed by atoms with E-state index in [1.807, 2.05) is 4.90 Å². The Morgan fingerprint density at radius 2 is 1.85 bits per heavy atom. The van der Waals surface area contributed by atoms with Crippen LogP contribution < -0.4 is 10.6 Å². The highest BCUT2D eigenvalue weighted by Gasteiger charge is 2.57. The van der Waals surface area contributed by atoms with E-state index in [1.165, 1.54) is 0 Å². The summed E-state index contributed by atoms with van der Waals surface area (Å²) in [6, 6.07) is 0.262. The standard InChI is InChI=1S/C15H25N3O2/c1-11(19)18-8-2-12(3-9-18)17-14(20)13-10-15(13)4-6-16-7-5-15/h12-13,16H,2-10H2,1H3,(H,17,20). The van der Waals surface area contributed by atoms with Crippen LogP contribution in [0.15, 0.2) is 0 Å². The molecule has 2 saturated heterocycles. The van der Waals surface area contributed by atoms with Crippen LogP contribution in [-0.2, 0) is 9.59 Å². The van der Waals surface area contributed by atoms with Gasteiger partial charge in [0.15, 0.2) is 0 Å². The molecular weight excluding hydrogens is 254 g/mol. The fourth-order valence-electron chi connectivity index (χ4n) is 3.84. The molecule has 1 spiro atoms. The van der Waals surface area contributed by atoms with E-state index in [9.17, 15) is 9.59 Å². The van der Waals surface area contributed by atoms with Crippen LogP contribution in [-0.4, -0.2) is 48.9 Å². The van der Waals surface area contributed by atoms with Gasteiger partial charge in [0.1, 0.15) is 0 Å². The zero-order chi connectivity index (χ0) is 14.2. The molecule has 0 aromatic heterocycles. The van der Waals surface area contributed by atoms with Gasteiger partial charge in [-0.3, -0.25) is 9.59 Å². The number of rotatable bonds is 2. The van der Waals surface area contributed by atoms with E-state index in [1.54, 1.807) is 6.92 Å². The molecule has 5 nitrogen and oxygen atoms in total. The van der Waals surface area contributed by atoms with Gasteiger partial charge in [0.2, 0.25) is 11.8 Å². The predicted molar refractivity (Wildman–Crippen MR) is 76.1 cm³/mol. The van der Waals surface area contributed by atoms with Crippen molar-refractivity contribution in [3.8, 4) is 0 Å². The minimum absolute atomic E-state index is 0.144. The second kappa shape index (κ2) is 5.35. The summed E-state index contributed by atoms with van der Waals surface area (Å²) in [4.78, 5) is 25.5. The van der Waals surface area contributed by atoms with Gasteiger partial charge in [-0.2, -0.15) is 0 Å². The largest absolute Gasteiger partial charge is 0.353 e. The molecule has 2 N–H and O–H groups in total. The molecule has 3 rings (SSSR count). The molecule has 112 valence electrons. The van der Waals surface area contributed by atoms with Crippen molar-refractivity contribution in [3.05, 3.63) is 0 Å². The Morgan fingerprint density at radius 1 is 1.20 bits per heavy atom. The molecule has 1 atom stereocenters. The van der Waals surface area contributed by atoms with E-state index in [2.05, 4.69) is 10.6 Å². The van der Waals surface area contributed by atoms with Crippen molar-refractivity contribution in [2.24, 2.45) is 11.3 Å². The minimum atomic E-state index is 0.144. The topological polar surface area (TPSA) is 61.4 Å². The molecule has 0 radical (unpaired) electrons. The monoisotopic (exact) mass is 279 g/mol. The van der Waals surface area contributed by atoms with Crippen LogP contribution in [0.1, 0.15) is 39.0 Å². The number of hydrogen-bond acceptors (Lipinski definition) is 3. The molecule has 1 unspecified atom stereocenters. The van der Waals surface area contributed by atoms with E-state index >= 15 is 0 Å². The molecule has 2 aliphatic heterocycles. The second-order valence-corrected chi connectivity index (χ2v) is 6.66. The van der Waals surface area contributed by atoms with Crippen molar-refractivity contribution in [2.45, 2.75) is 45.1 Å². The molecule has 0 aromatic carbocycles. The molecule has 20 heavy (non-hydrogen) atoms. The third-order valence-corrected chi connectivity index (χ3v) is 5.39. The zero-order valence-corrected chi connectivity index (χ0v) is 12.3. The highest BCUT2D eigenvalue weighted by Crippen LogP contribution is 2.58. The lowest BCUT2D eigenvalue weighted by atomic mass is 9.91. The Morgan fingerprint density at radius 3 is 2.45 bits per heavy atom.